The first-order valence-electron chi connectivity index (χ1n) is 15.2. The summed E-state index contributed by atoms with van der Waals surface area (Å²) < 4.78 is 7.54. The van der Waals surface area contributed by atoms with Crippen molar-refractivity contribution in [3.05, 3.63) is 139 Å². The molecule has 1 unspecified atom stereocenters. The van der Waals surface area contributed by atoms with Gasteiger partial charge >= 0.3 is 0 Å². The second-order valence-electron chi connectivity index (χ2n) is 12.4. The van der Waals surface area contributed by atoms with Crippen molar-refractivity contribution in [3.8, 4) is 10.6 Å². The summed E-state index contributed by atoms with van der Waals surface area (Å²) in [6.07, 6.45) is 7.92. The van der Waals surface area contributed by atoms with Crippen molar-refractivity contribution in [2.24, 2.45) is 5.92 Å². The number of allylic oxidation sites excluding steroid dienone is 4. The Morgan fingerprint density at radius 1 is 0.773 bits per heavy atom. The number of hydrogen-bond donors (Lipinski definition) is 0. The summed E-state index contributed by atoms with van der Waals surface area (Å²) >= 11 is 1.74. The SMILES string of the molecule is CC1(C)c2cc(N(c3ccc4sc(-c5ccccc5)nc4c3)c3ccc4c(c3)oc3ccccc34)ccc2C2=CC=CCC21. The minimum atomic E-state index is 0.0414. The third kappa shape index (κ3) is 3.84. The summed E-state index contributed by atoms with van der Waals surface area (Å²) in [7, 11) is 0. The molecular formula is C40H30N2OS. The lowest BCUT2D eigenvalue weighted by Crippen LogP contribution is -2.24. The van der Waals surface area contributed by atoms with Gasteiger partial charge in [0.05, 0.1) is 10.2 Å². The van der Waals surface area contributed by atoms with E-state index in [-0.39, 0.29) is 5.41 Å². The van der Waals surface area contributed by atoms with E-state index in [1.807, 2.05) is 18.2 Å². The number of thiazole rings is 1. The van der Waals surface area contributed by atoms with Gasteiger partial charge in [0.2, 0.25) is 0 Å². The molecule has 44 heavy (non-hydrogen) atoms. The fourth-order valence-corrected chi connectivity index (χ4v) is 8.25. The second kappa shape index (κ2) is 9.54. The number of fused-ring (bicyclic) bond motifs is 7. The van der Waals surface area contributed by atoms with E-state index in [0.29, 0.717) is 5.92 Å². The third-order valence-electron chi connectivity index (χ3n) is 9.57. The number of rotatable bonds is 4. The average Bonchev–Trinajstić information content (AvgIpc) is 3.72. The van der Waals surface area contributed by atoms with Crippen LogP contribution in [0.15, 0.2) is 132 Å². The van der Waals surface area contributed by atoms with Crippen molar-refractivity contribution < 1.29 is 4.42 Å². The quantitative estimate of drug-likeness (QED) is 0.205. The molecule has 2 heterocycles. The van der Waals surface area contributed by atoms with Crippen molar-refractivity contribution in [2.45, 2.75) is 25.7 Å². The molecule has 0 saturated carbocycles. The number of hydrogen-bond acceptors (Lipinski definition) is 4. The molecule has 2 aliphatic rings. The van der Waals surface area contributed by atoms with Gasteiger partial charge in [0.1, 0.15) is 16.2 Å². The smallest absolute Gasteiger partial charge is 0.137 e. The minimum absolute atomic E-state index is 0.0414. The van der Waals surface area contributed by atoms with Crippen LogP contribution in [-0.2, 0) is 5.41 Å². The monoisotopic (exact) mass is 586 g/mol. The van der Waals surface area contributed by atoms with Crippen molar-refractivity contribution >= 4 is 66.1 Å². The maximum Gasteiger partial charge on any atom is 0.137 e. The normalized spacial score (nSPS) is 16.8. The fourth-order valence-electron chi connectivity index (χ4n) is 7.29. The second-order valence-corrected chi connectivity index (χ2v) is 13.5. The number of nitrogens with zero attached hydrogens (tertiary/aromatic N) is 2. The lowest BCUT2D eigenvalue weighted by molar-refractivity contribution is 0.415. The summed E-state index contributed by atoms with van der Waals surface area (Å²) in [4.78, 5) is 7.44. The molecule has 9 rings (SSSR count). The lowest BCUT2D eigenvalue weighted by Gasteiger charge is -2.30. The van der Waals surface area contributed by atoms with Crippen LogP contribution in [0.4, 0.5) is 17.1 Å². The molecule has 0 radical (unpaired) electrons. The van der Waals surface area contributed by atoms with Crippen molar-refractivity contribution in [2.75, 3.05) is 4.90 Å². The highest BCUT2D eigenvalue weighted by molar-refractivity contribution is 7.21. The van der Waals surface area contributed by atoms with E-state index in [0.717, 1.165) is 61.5 Å². The molecule has 2 aromatic heterocycles. The van der Waals surface area contributed by atoms with Gasteiger partial charge < -0.3 is 9.32 Å². The Labute approximate surface area is 260 Å². The van der Waals surface area contributed by atoms with Gasteiger partial charge in [-0.2, -0.15) is 0 Å². The van der Waals surface area contributed by atoms with Gasteiger partial charge in [0, 0.05) is 39.5 Å². The number of para-hydroxylation sites is 1. The molecule has 7 aromatic rings. The van der Waals surface area contributed by atoms with Crippen LogP contribution >= 0.6 is 11.3 Å². The zero-order valence-electron chi connectivity index (χ0n) is 24.6. The van der Waals surface area contributed by atoms with Gasteiger partial charge in [0.25, 0.3) is 0 Å². The first-order chi connectivity index (χ1) is 21.5. The highest BCUT2D eigenvalue weighted by Crippen LogP contribution is 2.54. The molecule has 212 valence electrons. The van der Waals surface area contributed by atoms with Crippen LogP contribution in [0.1, 0.15) is 31.4 Å². The van der Waals surface area contributed by atoms with Crippen molar-refractivity contribution in [3.63, 3.8) is 0 Å². The Morgan fingerprint density at radius 2 is 1.52 bits per heavy atom. The Bertz CT molecular complexity index is 2300. The maximum absolute atomic E-state index is 6.36. The van der Waals surface area contributed by atoms with Gasteiger partial charge in [0.15, 0.2) is 0 Å². The third-order valence-corrected chi connectivity index (χ3v) is 10.7. The van der Waals surface area contributed by atoms with Crippen LogP contribution in [0.25, 0.3) is 48.3 Å². The predicted molar refractivity (Wildman–Crippen MR) is 185 cm³/mol. The highest BCUT2D eigenvalue weighted by atomic mass is 32.1. The van der Waals surface area contributed by atoms with E-state index < -0.39 is 0 Å². The molecule has 4 heteroatoms. The Kier molecular flexibility index (Phi) is 5.54. The summed E-state index contributed by atoms with van der Waals surface area (Å²) in [5.74, 6) is 0.501. The van der Waals surface area contributed by atoms with Gasteiger partial charge in [-0.15, -0.1) is 11.3 Å². The van der Waals surface area contributed by atoms with Crippen LogP contribution in [0.5, 0.6) is 0 Å². The molecular weight excluding hydrogens is 557 g/mol. The first kappa shape index (κ1) is 25.6. The van der Waals surface area contributed by atoms with E-state index in [2.05, 4.69) is 128 Å². The van der Waals surface area contributed by atoms with E-state index in [4.69, 9.17) is 9.40 Å². The Morgan fingerprint density at radius 3 is 2.43 bits per heavy atom. The summed E-state index contributed by atoms with van der Waals surface area (Å²) in [5, 5.41) is 3.31. The summed E-state index contributed by atoms with van der Waals surface area (Å²) in [6, 6.07) is 39.0. The van der Waals surface area contributed by atoms with Gasteiger partial charge in [-0.1, -0.05) is 86.7 Å². The van der Waals surface area contributed by atoms with E-state index in [9.17, 15) is 0 Å². The minimum Gasteiger partial charge on any atom is -0.456 e. The van der Waals surface area contributed by atoms with E-state index >= 15 is 0 Å². The van der Waals surface area contributed by atoms with E-state index in [1.165, 1.54) is 21.4 Å². The number of furan rings is 1. The van der Waals surface area contributed by atoms with Crippen molar-refractivity contribution in [1.82, 2.24) is 4.98 Å². The van der Waals surface area contributed by atoms with Gasteiger partial charge in [-0.3, -0.25) is 0 Å². The molecule has 1 atom stereocenters. The molecule has 0 fully saturated rings. The molecule has 3 nitrogen and oxygen atoms in total. The summed E-state index contributed by atoms with van der Waals surface area (Å²) in [5.41, 5.74) is 11.5. The zero-order chi connectivity index (χ0) is 29.4. The maximum atomic E-state index is 6.36. The van der Waals surface area contributed by atoms with Crippen LogP contribution in [0.2, 0.25) is 0 Å². The molecule has 0 amide bonds. The van der Waals surface area contributed by atoms with Crippen LogP contribution in [0.3, 0.4) is 0 Å². The van der Waals surface area contributed by atoms with Gasteiger partial charge in [-0.25, -0.2) is 4.98 Å². The topological polar surface area (TPSA) is 29.3 Å². The zero-order valence-corrected chi connectivity index (χ0v) is 25.4. The lowest BCUT2D eigenvalue weighted by atomic mass is 9.75. The first-order valence-corrected chi connectivity index (χ1v) is 16.1. The van der Waals surface area contributed by atoms with Gasteiger partial charge in [-0.05, 0) is 83.0 Å². The molecule has 5 aromatic carbocycles. The average molecular weight is 587 g/mol. The van der Waals surface area contributed by atoms with Crippen LogP contribution in [0, 0.1) is 5.92 Å². The molecule has 0 aliphatic heterocycles. The van der Waals surface area contributed by atoms with Crippen LogP contribution < -0.4 is 4.90 Å². The fraction of sp³-hybridized carbons (Fsp3) is 0.125. The number of aromatic nitrogens is 1. The molecule has 0 saturated heterocycles. The molecule has 0 N–H and O–H groups in total. The van der Waals surface area contributed by atoms with Crippen molar-refractivity contribution in [1.29, 1.82) is 0 Å². The number of benzene rings is 5. The number of anilines is 3. The Hall–Kier alpha value is -4.93. The molecule has 0 bridgehead atoms. The highest BCUT2D eigenvalue weighted by Gasteiger charge is 2.42. The Balaban J connectivity index is 1.23. The largest absolute Gasteiger partial charge is 0.456 e. The van der Waals surface area contributed by atoms with E-state index in [1.54, 1.807) is 11.3 Å². The molecule has 2 aliphatic carbocycles. The predicted octanol–water partition coefficient (Wildman–Crippen LogP) is 11.6. The molecule has 0 spiro atoms. The van der Waals surface area contributed by atoms with Crippen LogP contribution in [-0.4, -0.2) is 4.98 Å². The standard InChI is InChI=1S/C40H30N2OS/c1-40(2)33-14-8-6-12-29(33)30-19-16-26(22-34(30)40)42(28-17-20-32-31-13-7-9-15-36(31)43-37(32)24-28)27-18-21-38-35(23-27)41-39(44-38)25-10-4-3-5-11-25/h3-13,15-24,33H,14H2,1-2H3. The summed E-state index contributed by atoms with van der Waals surface area (Å²) in [6.45, 7) is 4.80.